The van der Waals surface area contributed by atoms with Crippen molar-refractivity contribution in [2.24, 2.45) is 5.92 Å². The third kappa shape index (κ3) is 6.19. The van der Waals surface area contributed by atoms with Crippen molar-refractivity contribution in [3.63, 3.8) is 0 Å². The molecule has 0 spiro atoms. The van der Waals surface area contributed by atoms with Crippen LogP contribution in [0.1, 0.15) is 27.2 Å². The van der Waals surface area contributed by atoms with Crippen molar-refractivity contribution >= 4 is 17.9 Å². The summed E-state index contributed by atoms with van der Waals surface area (Å²) < 4.78 is 14.0. The summed E-state index contributed by atoms with van der Waals surface area (Å²) in [5.41, 5.74) is 0. The van der Waals surface area contributed by atoms with Crippen molar-refractivity contribution in [2.75, 3.05) is 19.8 Å². The van der Waals surface area contributed by atoms with Gasteiger partial charge in [-0.05, 0) is 20.8 Å². The molecule has 0 amide bonds. The third-order valence-electron chi connectivity index (χ3n) is 2.19. The number of carbonyl (C=O) groups is 3. The molecule has 0 aliphatic rings. The molecule has 0 rings (SSSR count). The minimum Gasteiger partial charge on any atom is -0.466 e. The highest BCUT2D eigenvalue weighted by Gasteiger charge is 2.36. The molecule has 1 N–H and O–H groups in total. The second-order valence-electron chi connectivity index (χ2n) is 3.56. The van der Waals surface area contributed by atoms with Crippen LogP contribution < -0.4 is 0 Å². The van der Waals surface area contributed by atoms with Crippen molar-refractivity contribution < 1.29 is 33.7 Å². The van der Waals surface area contributed by atoms with Gasteiger partial charge in [0.05, 0.1) is 26.2 Å². The summed E-state index contributed by atoms with van der Waals surface area (Å²) in [6.45, 7) is 5.03. The first-order valence-electron chi connectivity index (χ1n) is 6.14. The van der Waals surface area contributed by atoms with Gasteiger partial charge in [0.15, 0.2) is 6.10 Å². The molecule has 0 unspecified atom stereocenters. The average Bonchev–Trinajstić information content (AvgIpc) is 2.36. The summed E-state index contributed by atoms with van der Waals surface area (Å²) in [5.74, 6) is -3.82. The quantitative estimate of drug-likeness (QED) is 0.493. The molecule has 0 fully saturated rings. The standard InChI is InChI=1S/C12H20O7/c1-4-17-9(13)7-8(11(15)18-5-2)10(14)12(16)19-6-3/h8,10,14H,4-7H2,1-3H3/t8-,10+/m0/s1. The Labute approximate surface area is 111 Å². The van der Waals surface area contributed by atoms with Gasteiger partial charge in [-0.3, -0.25) is 9.59 Å². The van der Waals surface area contributed by atoms with Gasteiger partial charge in [0.1, 0.15) is 5.92 Å². The van der Waals surface area contributed by atoms with Crippen LogP contribution in [0.25, 0.3) is 0 Å². The number of esters is 3. The zero-order valence-corrected chi connectivity index (χ0v) is 11.4. The lowest BCUT2D eigenvalue weighted by molar-refractivity contribution is -0.169. The van der Waals surface area contributed by atoms with Gasteiger partial charge in [-0.15, -0.1) is 0 Å². The Bertz CT molecular complexity index is 313. The fourth-order valence-electron chi connectivity index (χ4n) is 1.36. The zero-order chi connectivity index (χ0) is 14.8. The summed E-state index contributed by atoms with van der Waals surface area (Å²) >= 11 is 0. The van der Waals surface area contributed by atoms with Crippen LogP contribution in [0, 0.1) is 5.92 Å². The molecule has 0 aromatic heterocycles. The van der Waals surface area contributed by atoms with E-state index in [2.05, 4.69) is 9.47 Å². The van der Waals surface area contributed by atoms with Gasteiger partial charge in [0, 0.05) is 0 Å². The Morgan fingerprint density at radius 2 is 1.37 bits per heavy atom. The van der Waals surface area contributed by atoms with Crippen LogP contribution >= 0.6 is 0 Å². The van der Waals surface area contributed by atoms with Gasteiger partial charge >= 0.3 is 17.9 Å². The second kappa shape index (κ2) is 9.32. The van der Waals surface area contributed by atoms with Crippen molar-refractivity contribution in [3.8, 4) is 0 Å². The normalized spacial score (nSPS) is 13.3. The van der Waals surface area contributed by atoms with Gasteiger partial charge in [0.25, 0.3) is 0 Å². The summed E-state index contributed by atoms with van der Waals surface area (Å²) in [6.07, 6.45) is -2.18. The van der Waals surface area contributed by atoms with E-state index in [-0.39, 0.29) is 19.8 Å². The van der Waals surface area contributed by atoms with E-state index in [4.69, 9.17) is 4.74 Å². The maximum Gasteiger partial charge on any atom is 0.335 e. The van der Waals surface area contributed by atoms with Crippen LogP contribution in [0.4, 0.5) is 0 Å². The first-order chi connectivity index (χ1) is 8.97. The van der Waals surface area contributed by atoms with Gasteiger partial charge in [0.2, 0.25) is 0 Å². The van der Waals surface area contributed by atoms with Crippen molar-refractivity contribution in [2.45, 2.75) is 33.3 Å². The van der Waals surface area contributed by atoms with Gasteiger partial charge in [-0.1, -0.05) is 0 Å². The number of hydrogen-bond acceptors (Lipinski definition) is 7. The molecular formula is C12H20O7. The molecule has 0 radical (unpaired) electrons. The lowest BCUT2D eigenvalue weighted by atomic mass is 9.98. The SMILES string of the molecule is CCOC(=O)C[C@H](C(=O)OCC)[C@@H](O)C(=O)OCC. The summed E-state index contributed by atoms with van der Waals surface area (Å²) in [6, 6.07) is 0. The molecule has 7 nitrogen and oxygen atoms in total. The van der Waals surface area contributed by atoms with E-state index < -0.39 is 36.4 Å². The van der Waals surface area contributed by atoms with E-state index >= 15 is 0 Å². The molecule has 0 aliphatic carbocycles. The molecule has 0 aliphatic heterocycles. The van der Waals surface area contributed by atoms with Crippen LogP contribution in [0.5, 0.6) is 0 Å². The fourth-order valence-corrected chi connectivity index (χ4v) is 1.36. The number of aliphatic hydroxyl groups is 1. The highest BCUT2D eigenvalue weighted by atomic mass is 16.6. The monoisotopic (exact) mass is 276 g/mol. The lowest BCUT2D eigenvalue weighted by Gasteiger charge is -2.19. The maximum absolute atomic E-state index is 11.6. The summed E-state index contributed by atoms with van der Waals surface area (Å²) in [7, 11) is 0. The lowest BCUT2D eigenvalue weighted by Crippen LogP contribution is -2.38. The van der Waals surface area contributed by atoms with E-state index in [0.29, 0.717) is 0 Å². The maximum atomic E-state index is 11.6. The van der Waals surface area contributed by atoms with Gasteiger partial charge in [-0.25, -0.2) is 4.79 Å². The van der Waals surface area contributed by atoms with E-state index in [0.717, 1.165) is 0 Å². The van der Waals surface area contributed by atoms with Crippen LogP contribution in [-0.2, 0) is 28.6 Å². The smallest absolute Gasteiger partial charge is 0.335 e. The Morgan fingerprint density at radius 1 is 0.895 bits per heavy atom. The number of carbonyl (C=O) groups excluding carboxylic acids is 3. The molecule has 19 heavy (non-hydrogen) atoms. The first-order valence-corrected chi connectivity index (χ1v) is 6.14. The zero-order valence-electron chi connectivity index (χ0n) is 11.4. The first kappa shape index (κ1) is 17.4. The predicted octanol–water partition coefficient (Wildman–Crippen LogP) is 0.0429. The Kier molecular flexibility index (Phi) is 8.52. The molecular weight excluding hydrogens is 256 g/mol. The van der Waals surface area contributed by atoms with E-state index in [1.807, 2.05) is 0 Å². The van der Waals surface area contributed by atoms with Crippen LogP contribution in [0.15, 0.2) is 0 Å². The van der Waals surface area contributed by atoms with Crippen LogP contribution in [0.3, 0.4) is 0 Å². The molecule has 110 valence electrons. The molecule has 0 saturated carbocycles. The predicted molar refractivity (Wildman–Crippen MR) is 64.0 cm³/mol. The minimum atomic E-state index is -1.75. The van der Waals surface area contributed by atoms with E-state index in [1.54, 1.807) is 20.8 Å². The summed E-state index contributed by atoms with van der Waals surface area (Å²) in [4.78, 5) is 34.4. The molecule has 0 saturated heterocycles. The average molecular weight is 276 g/mol. The van der Waals surface area contributed by atoms with Gasteiger partial charge in [-0.2, -0.15) is 0 Å². The van der Waals surface area contributed by atoms with E-state index in [9.17, 15) is 19.5 Å². The molecule has 2 atom stereocenters. The third-order valence-corrected chi connectivity index (χ3v) is 2.19. The molecule has 0 aromatic rings. The summed E-state index contributed by atoms with van der Waals surface area (Å²) in [5, 5.41) is 9.74. The molecule has 0 aromatic carbocycles. The minimum absolute atomic E-state index is 0.0604. The Hall–Kier alpha value is -1.63. The number of aliphatic hydroxyl groups excluding tert-OH is 1. The van der Waals surface area contributed by atoms with Crippen LogP contribution in [0.2, 0.25) is 0 Å². The number of hydrogen-bond donors (Lipinski definition) is 1. The molecule has 0 heterocycles. The van der Waals surface area contributed by atoms with E-state index in [1.165, 1.54) is 0 Å². The Balaban J connectivity index is 4.79. The van der Waals surface area contributed by atoms with Crippen LogP contribution in [-0.4, -0.2) is 48.9 Å². The number of rotatable bonds is 8. The molecule has 0 bridgehead atoms. The van der Waals surface area contributed by atoms with Crippen molar-refractivity contribution in [1.82, 2.24) is 0 Å². The van der Waals surface area contributed by atoms with Crippen molar-refractivity contribution in [1.29, 1.82) is 0 Å². The van der Waals surface area contributed by atoms with Gasteiger partial charge < -0.3 is 19.3 Å². The molecule has 7 heteroatoms. The highest BCUT2D eigenvalue weighted by Crippen LogP contribution is 2.14. The largest absolute Gasteiger partial charge is 0.466 e. The number of ether oxygens (including phenoxy) is 3. The van der Waals surface area contributed by atoms with Crippen molar-refractivity contribution in [3.05, 3.63) is 0 Å². The highest BCUT2D eigenvalue weighted by molar-refractivity contribution is 5.87. The fraction of sp³-hybridized carbons (Fsp3) is 0.750. The Morgan fingerprint density at radius 3 is 1.84 bits per heavy atom. The second-order valence-corrected chi connectivity index (χ2v) is 3.56. The topological polar surface area (TPSA) is 99.1 Å².